The molecule has 1 atom stereocenters. The van der Waals surface area contributed by atoms with Crippen LogP contribution in [0, 0.1) is 6.92 Å². The topological polar surface area (TPSA) is 79.7 Å². The lowest BCUT2D eigenvalue weighted by Crippen LogP contribution is -2.48. The first kappa shape index (κ1) is 15.6. The molecule has 7 heteroatoms. The van der Waals surface area contributed by atoms with Crippen molar-refractivity contribution in [1.82, 2.24) is 9.88 Å². The molecule has 0 saturated carbocycles. The number of nitrogens with zero attached hydrogens (tertiary/aromatic N) is 2. The summed E-state index contributed by atoms with van der Waals surface area (Å²) in [4.78, 5) is 29.6. The molecule has 2 aromatic rings. The minimum atomic E-state index is -1.05. The fraction of sp³-hybridized carbons (Fsp3) is 0.312. The number of ether oxygens (including phenoxy) is 1. The van der Waals surface area contributed by atoms with Crippen LogP contribution >= 0.6 is 11.3 Å². The molecule has 0 radical (unpaired) electrons. The number of carbonyl (C=O) groups is 2. The highest BCUT2D eigenvalue weighted by molar-refractivity contribution is 7.09. The second-order valence-electron chi connectivity index (χ2n) is 5.28. The third-order valence-electron chi connectivity index (χ3n) is 3.65. The van der Waals surface area contributed by atoms with Crippen molar-refractivity contribution >= 4 is 23.2 Å². The SMILES string of the molecule is Cc1nc(-c2cccc(C(=O)N3CCOC(C(=O)O)C3)c2)cs1. The highest BCUT2D eigenvalue weighted by atomic mass is 32.1. The number of aryl methyl sites for hydroxylation is 1. The Morgan fingerprint density at radius 2 is 2.26 bits per heavy atom. The molecule has 0 spiro atoms. The van der Waals surface area contributed by atoms with Crippen molar-refractivity contribution in [3.63, 3.8) is 0 Å². The number of morpholine rings is 1. The number of benzene rings is 1. The van der Waals surface area contributed by atoms with Crippen LogP contribution in [0.5, 0.6) is 0 Å². The Morgan fingerprint density at radius 3 is 2.96 bits per heavy atom. The molecule has 1 N–H and O–H groups in total. The molecule has 0 bridgehead atoms. The lowest BCUT2D eigenvalue weighted by molar-refractivity contribution is -0.154. The number of thiazole rings is 1. The van der Waals surface area contributed by atoms with Crippen molar-refractivity contribution in [2.75, 3.05) is 19.7 Å². The first-order chi connectivity index (χ1) is 11.0. The van der Waals surface area contributed by atoms with Gasteiger partial charge in [-0.05, 0) is 19.1 Å². The number of hydrogen-bond donors (Lipinski definition) is 1. The number of carboxylic acids is 1. The van der Waals surface area contributed by atoms with Crippen LogP contribution in [-0.4, -0.2) is 52.7 Å². The van der Waals surface area contributed by atoms with Crippen LogP contribution in [0.1, 0.15) is 15.4 Å². The lowest BCUT2D eigenvalue weighted by Gasteiger charge is -2.31. The van der Waals surface area contributed by atoms with E-state index in [0.717, 1.165) is 16.3 Å². The van der Waals surface area contributed by atoms with E-state index in [4.69, 9.17) is 9.84 Å². The molecule has 2 heterocycles. The second kappa shape index (κ2) is 6.47. The van der Waals surface area contributed by atoms with Crippen LogP contribution in [0.2, 0.25) is 0 Å². The molecular formula is C16H16N2O4S. The zero-order chi connectivity index (χ0) is 16.4. The smallest absolute Gasteiger partial charge is 0.334 e. The van der Waals surface area contributed by atoms with E-state index in [2.05, 4.69) is 4.98 Å². The highest BCUT2D eigenvalue weighted by Gasteiger charge is 2.29. The van der Waals surface area contributed by atoms with Gasteiger partial charge in [0.1, 0.15) is 0 Å². The van der Waals surface area contributed by atoms with Gasteiger partial charge in [-0.25, -0.2) is 9.78 Å². The third kappa shape index (κ3) is 3.40. The summed E-state index contributed by atoms with van der Waals surface area (Å²) in [6.45, 7) is 2.62. The molecule has 1 aromatic heterocycles. The molecule has 1 aliphatic rings. The van der Waals surface area contributed by atoms with Gasteiger partial charge in [-0.15, -0.1) is 11.3 Å². The number of amides is 1. The zero-order valence-electron chi connectivity index (χ0n) is 12.6. The molecule has 1 saturated heterocycles. The van der Waals surface area contributed by atoms with Crippen LogP contribution in [0.3, 0.4) is 0 Å². The largest absolute Gasteiger partial charge is 0.479 e. The van der Waals surface area contributed by atoms with Crippen molar-refractivity contribution in [2.45, 2.75) is 13.0 Å². The predicted octanol–water partition coefficient (Wildman–Crippen LogP) is 2.04. The Hall–Kier alpha value is -2.25. The quantitative estimate of drug-likeness (QED) is 0.930. The first-order valence-corrected chi connectivity index (χ1v) is 8.09. The van der Waals surface area contributed by atoms with Gasteiger partial charge < -0.3 is 14.7 Å². The molecule has 23 heavy (non-hydrogen) atoms. The monoisotopic (exact) mass is 332 g/mol. The Bertz CT molecular complexity index is 743. The Balaban J connectivity index is 1.81. The first-order valence-electron chi connectivity index (χ1n) is 7.21. The maximum atomic E-state index is 12.6. The minimum absolute atomic E-state index is 0.0637. The molecule has 1 amide bonds. The summed E-state index contributed by atoms with van der Waals surface area (Å²) in [6, 6.07) is 7.25. The Morgan fingerprint density at radius 1 is 1.43 bits per heavy atom. The summed E-state index contributed by atoms with van der Waals surface area (Å²) in [5.74, 6) is -1.23. The number of hydrogen-bond acceptors (Lipinski definition) is 5. The molecule has 3 rings (SSSR count). The van der Waals surface area contributed by atoms with E-state index in [1.165, 1.54) is 4.90 Å². The van der Waals surface area contributed by atoms with Crippen LogP contribution in [0.4, 0.5) is 0 Å². The van der Waals surface area contributed by atoms with E-state index >= 15 is 0 Å². The zero-order valence-corrected chi connectivity index (χ0v) is 13.4. The van der Waals surface area contributed by atoms with Crippen LogP contribution in [-0.2, 0) is 9.53 Å². The van der Waals surface area contributed by atoms with Crippen molar-refractivity contribution in [2.24, 2.45) is 0 Å². The second-order valence-corrected chi connectivity index (χ2v) is 6.34. The van der Waals surface area contributed by atoms with E-state index in [1.54, 1.807) is 23.5 Å². The maximum Gasteiger partial charge on any atom is 0.334 e. The number of carbonyl (C=O) groups excluding carboxylic acids is 1. The van der Waals surface area contributed by atoms with Crippen LogP contribution in [0.25, 0.3) is 11.3 Å². The van der Waals surface area contributed by atoms with Gasteiger partial charge in [-0.3, -0.25) is 4.79 Å². The van der Waals surface area contributed by atoms with Gasteiger partial charge in [0.05, 0.1) is 23.9 Å². The van der Waals surface area contributed by atoms with Gasteiger partial charge in [0, 0.05) is 23.1 Å². The van der Waals surface area contributed by atoms with Gasteiger partial charge in [0.25, 0.3) is 5.91 Å². The predicted molar refractivity (Wildman–Crippen MR) is 85.6 cm³/mol. The fourth-order valence-corrected chi connectivity index (χ4v) is 3.10. The van der Waals surface area contributed by atoms with Gasteiger partial charge in [-0.1, -0.05) is 12.1 Å². The summed E-state index contributed by atoms with van der Waals surface area (Å²) in [6.07, 6.45) is -0.961. The fourth-order valence-electron chi connectivity index (χ4n) is 2.47. The average molecular weight is 332 g/mol. The number of aliphatic carboxylic acids is 1. The number of rotatable bonds is 3. The lowest BCUT2D eigenvalue weighted by atomic mass is 10.1. The minimum Gasteiger partial charge on any atom is -0.479 e. The van der Waals surface area contributed by atoms with Gasteiger partial charge in [0.2, 0.25) is 0 Å². The molecule has 1 fully saturated rings. The molecule has 120 valence electrons. The number of aromatic nitrogens is 1. The molecule has 1 unspecified atom stereocenters. The van der Waals surface area contributed by atoms with E-state index in [9.17, 15) is 9.59 Å². The van der Waals surface area contributed by atoms with Crippen molar-refractivity contribution < 1.29 is 19.4 Å². The standard InChI is InChI=1S/C16H16N2O4S/c1-10-17-13(9-23-10)11-3-2-4-12(7-11)15(19)18-5-6-22-14(8-18)16(20)21/h2-4,7,9,14H,5-6,8H2,1H3,(H,20,21). The van der Waals surface area contributed by atoms with Crippen molar-refractivity contribution in [3.05, 3.63) is 40.2 Å². The molecular weight excluding hydrogens is 316 g/mol. The summed E-state index contributed by atoms with van der Waals surface area (Å²) in [7, 11) is 0. The average Bonchev–Trinajstić information content (AvgIpc) is 3.01. The molecule has 6 nitrogen and oxygen atoms in total. The van der Waals surface area contributed by atoms with Crippen molar-refractivity contribution in [3.8, 4) is 11.3 Å². The number of carboxylic acid groups (broad SMARTS) is 1. The maximum absolute atomic E-state index is 12.6. The van der Waals surface area contributed by atoms with E-state index in [1.807, 2.05) is 24.4 Å². The Kier molecular flexibility index (Phi) is 4.40. The third-order valence-corrected chi connectivity index (χ3v) is 4.43. The van der Waals surface area contributed by atoms with Crippen LogP contribution < -0.4 is 0 Å². The Labute approximate surface area is 137 Å². The van der Waals surface area contributed by atoms with Gasteiger partial charge in [0.15, 0.2) is 6.10 Å². The molecule has 0 aliphatic carbocycles. The summed E-state index contributed by atoms with van der Waals surface area (Å²) in [5.41, 5.74) is 2.25. The van der Waals surface area contributed by atoms with Crippen LogP contribution in [0.15, 0.2) is 29.6 Å². The van der Waals surface area contributed by atoms with Gasteiger partial charge in [-0.2, -0.15) is 0 Å². The summed E-state index contributed by atoms with van der Waals surface area (Å²) in [5, 5.41) is 12.0. The molecule has 1 aromatic carbocycles. The summed E-state index contributed by atoms with van der Waals surface area (Å²) < 4.78 is 5.15. The molecule has 1 aliphatic heterocycles. The van der Waals surface area contributed by atoms with Gasteiger partial charge >= 0.3 is 5.97 Å². The normalized spacial score (nSPS) is 18.0. The van der Waals surface area contributed by atoms with E-state index in [-0.39, 0.29) is 19.1 Å². The summed E-state index contributed by atoms with van der Waals surface area (Å²) >= 11 is 1.56. The van der Waals surface area contributed by atoms with Crippen molar-refractivity contribution in [1.29, 1.82) is 0 Å². The van der Waals surface area contributed by atoms with E-state index in [0.29, 0.717) is 12.1 Å². The van der Waals surface area contributed by atoms with E-state index < -0.39 is 12.1 Å². The highest BCUT2D eigenvalue weighted by Crippen LogP contribution is 2.23.